The number of hydrogen-bond donors (Lipinski definition) is 1. The molecule has 3 rings (SSSR count). The first-order valence-corrected chi connectivity index (χ1v) is 9.36. The molecule has 1 N–H and O–H groups in total. The lowest BCUT2D eigenvalue weighted by atomic mass is 10.1. The van der Waals surface area contributed by atoms with Gasteiger partial charge in [-0.05, 0) is 61.9 Å². The molecule has 0 fully saturated rings. The number of benzene rings is 2. The summed E-state index contributed by atoms with van der Waals surface area (Å²) < 4.78 is 11.1. The van der Waals surface area contributed by atoms with Crippen molar-refractivity contribution < 1.29 is 19.1 Å². The number of hydrazone groups is 1. The number of nitrogens with one attached hydrogen (secondary N) is 1. The van der Waals surface area contributed by atoms with Gasteiger partial charge >= 0.3 is 5.97 Å². The highest BCUT2D eigenvalue weighted by Gasteiger charge is 2.13. The van der Waals surface area contributed by atoms with E-state index in [9.17, 15) is 9.59 Å². The summed E-state index contributed by atoms with van der Waals surface area (Å²) in [4.78, 5) is 28.3. The second kappa shape index (κ2) is 9.97. The van der Waals surface area contributed by atoms with Crippen molar-refractivity contribution in [3.8, 4) is 11.5 Å². The molecule has 1 aromatic heterocycles. The maximum Gasteiger partial charge on any atom is 0.343 e. The van der Waals surface area contributed by atoms with Crippen molar-refractivity contribution in [2.45, 2.75) is 13.8 Å². The van der Waals surface area contributed by atoms with Crippen molar-refractivity contribution in [1.29, 1.82) is 0 Å². The number of nitrogens with zero attached hydrogens (tertiary/aromatic N) is 2. The fourth-order valence-corrected chi connectivity index (χ4v) is 2.53. The minimum atomic E-state index is -0.471. The molecule has 0 unspecified atom stereocenters. The van der Waals surface area contributed by atoms with Crippen LogP contribution in [-0.4, -0.2) is 29.7 Å². The van der Waals surface area contributed by atoms with E-state index in [0.717, 1.165) is 5.56 Å². The Morgan fingerprint density at radius 2 is 1.87 bits per heavy atom. The van der Waals surface area contributed by atoms with Gasteiger partial charge in [-0.3, -0.25) is 9.78 Å². The van der Waals surface area contributed by atoms with Crippen LogP contribution in [0.1, 0.15) is 38.8 Å². The fourth-order valence-electron chi connectivity index (χ4n) is 2.53. The van der Waals surface area contributed by atoms with Crippen molar-refractivity contribution in [1.82, 2.24) is 10.4 Å². The number of ether oxygens (including phenoxy) is 2. The third kappa shape index (κ3) is 5.51. The number of rotatable bonds is 7. The molecule has 0 bridgehead atoms. The molecule has 0 aliphatic heterocycles. The van der Waals surface area contributed by atoms with Crippen molar-refractivity contribution >= 4 is 18.1 Å². The lowest BCUT2D eigenvalue weighted by molar-refractivity contribution is 0.0728. The minimum absolute atomic E-state index is 0.305. The van der Waals surface area contributed by atoms with Gasteiger partial charge in [0.15, 0.2) is 11.5 Å². The van der Waals surface area contributed by atoms with Crippen LogP contribution in [0.5, 0.6) is 11.5 Å². The van der Waals surface area contributed by atoms with Crippen LogP contribution in [-0.2, 0) is 0 Å². The number of esters is 1. The standard InChI is InChI=1S/C23H21N3O4/c1-3-29-21-13-17(14-25-26-22(27)19-5-4-12-24-15-19)8-11-20(21)30-23(28)18-9-6-16(2)7-10-18/h4-15H,3H2,1-2H3,(H,26,27). The summed E-state index contributed by atoms with van der Waals surface area (Å²) in [6.45, 7) is 4.18. The van der Waals surface area contributed by atoms with E-state index in [-0.39, 0.29) is 5.91 Å². The predicted octanol–water partition coefficient (Wildman–Crippen LogP) is 3.77. The molecule has 3 aromatic rings. The Balaban J connectivity index is 1.70. The molecule has 7 nitrogen and oxygen atoms in total. The van der Waals surface area contributed by atoms with E-state index < -0.39 is 5.97 Å². The van der Waals surface area contributed by atoms with Crippen molar-refractivity contribution in [3.05, 3.63) is 89.2 Å². The lowest BCUT2D eigenvalue weighted by Gasteiger charge is -2.11. The van der Waals surface area contributed by atoms with Crippen molar-refractivity contribution in [2.24, 2.45) is 5.10 Å². The molecule has 0 saturated carbocycles. The average Bonchev–Trinajstić information content (AvgIpc) is 2.76. The zero-order chi connectivity index (χ0) is 21.3. The molecule has 1 amide bonds. The third-order valence-electron chi connectivity index (χ3n) is 4.06. The fraction of sp³-hybridized carbons (Fsp3) is 0.130. The molecule has 0 atom stereocenters. The Morgan fingerprint density at radius 1 is 1.07 bits per heavy atom. The van der Waals surface area contributed by atoms with Crippen molar-refractivity contribution in [3.63, 3.8) is 0 Å². The minimum Gasteiger partial charge on any atom is -0.490 e. The van der Waals surface area contributed by atoms with E-state index in [0.29, 0.717) is 34.8 Å². The second-order valence-corrected chi connectivity index (χ2v) is 6.34. The summed E-state index contributed by atoms with van der Waals surface area (Å²) >= 11 is 0. The van der Waals surface area contributed by atoms with Gasteiger partial charge in [0.05, 0.1) is 23.9 Å². The number of hydrogen-bond acceptors (Lipinski definition) is 6. The Bertz CT molecular complexity index is 1050. The van der Waals surface area contributed by atoms with E-state index in [1.165, 1.54) is 12.4 Å². The van der Waals surface area contributed by atoms with Crippen LogP contribution in [0.2, 0.25) is 0 Å². The summed E-state index contributed by atoms with van der Waals surface area (Å²) in [5, 5.41) is 3.95. The van der Waals surface area contributed by atoms with Crippen molar-refractivity contribution in [2.75, 3.05) is 6.61 Å². The van der Waals surface area contributed by atoms with Gasteiger partial charge < -0.3 is 9.47 Å². The van der Waals surface area contributed by atoms with Crippen LogP contribution in [0.3, 0.4) is 0 Å². The van der Waals surface area contributed by atoms with Crippen LogP contribution in [0.4, 0.5) is 0 Å². The van der Waals surface area contributed by atoms with E-state index in [4.69, 9.17) is 9.47 Å². The molecule has 30 heavy (non-hydrogen) atoms. The quantitative estimate of drug-likeness (QED) is 0.281. The molecule has 152 valence electrons. The average molecular weight is 403 g/mol. The van der Waals surface area contributed by atoms with Gasteiger partial charge in [0.2, 0.25) is 0 Å². The molecule has 2 aromatic carbocycles. The zero-order valence-electron chi connectivity index (χ0n) is 16.7. The van der Waals surface area contributed by atoms with Gasteiger partial charge in [-0.2, -0.15) is 5.10 Å². The second-order valence-electron chi connectivity index (χ2n) is 6.34. The van der Waals surface area contributed by atoms with Crippen LogP contribution >= 0.6 is 0 Å². The summed E-state index contributed by atoms with van der Waals surface area (Å²) in [6.07, 6.45) is 4.51. The maximum absolute atomic E-state index is 12.4. The Labute approximate surface area is 174 Å². The van der Waals surface area contributed by atoms with Gasteiger partial charge in [-0.25, -0.2) is 10.2 Å². The predicted molar refractivity (Wildman–Crippen MR) is 113 cm³/mol. The first-order valence-electron chi connectivity index (χ1n) is 9.36. The molecule has 1 heterocycles. The van der Waals surface area contributed by atoms with Gasteiger partial charge in [0.1, 0.15) is 0 Å². The number of pyridine rings is 1. The summed E-state index contributed by atoms with van der Waals surface area (Å²) in [7, 11) is 0. The number of aryl methyl sites for hydroxylation is 1. The summed E-state index contributed by atoms with van der Waals surface area (Å²) in [6, 6.07) is 15.4. The first-order chi connectivity index (χ1) is 14.6. The highest BCUT2D eigenvalue weighted by atomic mass is 16.6. The van der Waals surface area contributed by atoms with E-state index in [1.54, 1.807) is 48.7 Å². The SMILES string of the molecule is CCOc1cc(C=NNC(=O)c2cccnc2)ccc1OC(=O)c1ccc(C)cc1. The Kier molecular flexibility index (Phi) is 6.89. The molecule has 0 aliphatic rings. The third-order valence-corrected chi connectivity index (χ3v) is 4.06. The smallest absolute Gasteiger partial charge is 0.343 e. The largest absolute Gasteiger partial charge is 0.490 e. The normalized spacial score (nSPS) is 10.6. The van der Waals surface area contributed by atoms with E-state index in [1.807, 2.05) is 26.0 Å². The first kappa shape index (κ1) is 20.7. The van der Waals surface area contributed by atoms with Crippen LogP contribution < -0.4 is 14.9 Å². The Morgan fingerprint density at radius 3 is 2.57 bits per heavy atom. The van der Waals surface area contributed by atoms with Crippen LogP contribution in [0.15, 0.2) is 72.1 Å². The monoisotopic (exact) mass is 403 g/mol. The molecule has 0 saturated heterocycles. The van der Waals surface area contributed by atoms with Gasteiger partial charge in [-0.15, -0.1) is 0 Å². The highest BCUT2D eigenvalue weighted by Crippen LogP contribution is 2.29. The summed E-state index contributed by atoms with van der Waals surface area (Å²) in [5.41, 5.74) is 5.02. The highest BCUT2D eigenvalue weighted by molar-refractivity contribution is 5.94. The molecular formula is C23H21N3O4. The number of carbonyl (C=O) groups excluding carboxylic acids is 2. The molecular weight excluding hydrogens is 382 g/mol. The molecule has 0 aliphatic carbocycles. The lowest BCUT2D eigenvalue weighted by Crippen LogP contribution is -2.17. The van der Waals surface area contributed by atoms with Crippen LogP contribution in [0, 0.1) is 6.92 Å². The van der Waals surface area contributed by atoms with Gasteiger partial charge in [-0.1, -0.05) is 17.7 Å². The van der Waals surface area contributed by atoms with E-state index in [2.05, 4.69) is 15.5 Å². The molecule has 0 radical (unpaired) electrons. The number of carbonyl (C=O) groups is 2. The van der Waals surface area contributed by atoms with Crippen LogP contribution in [0.25, 0.3) is 0 Å². The molecule has 7 heteroatoms. The summed E-state index contributed by atoms with van der Waals surface area (Å²) in [5.74, 6) is -0.131. The van der Waals surface area contributed by atoms with Gasteiger partial charge in [0, 0.05) is 12.4 Å². The maximum atomic E-state index is 12.4. The number of amides is 1. The van der Waals surface area contributed by atoms with Gasteiger partial charge in [0.25, 0.3) is 5.91 Å². The Hall–Kier alpha value is -4.00. The van der Waals surface area contributed by atoms with E-state index >= 15 is 0 Å². The topological polar surface area (TPSA) is 89.9 Å². The molecule has 0 spiro atoms. The number of aromatic nitrogens is 1. The zero-order valence-corrected chi connectivity index (χ0v) is 16.7.